The number of hydrogen-bond acceptors (Lipinski definition) is 4. The van der Waals surface area contributed by atoms with Gasteiger partial charge in [0.1, 0.15) is 0 Å². The van der Waals surface area contributed by atoms with Crippen LogP contribution < -0.4 is 5.73 Å². The van der Waals surface area contributed by atoms with E-state index in [9.17, 15) is 0 Å². The van der Waals surface area contributed by atoms with E-state index in [2.05, 4.69) is 24.2 Å². The van der Waals surface area contributed by atoms with Gasteiger partial charge in [-0.1, -0.05) is 19.1 Å². The van der Waals surface area contributed by atoms with Crippen molar-refractivity contribution in [3.05, 3.63) is 5.69 Å². The van der Waals surface area contributed by atoms with Crippen LogP contribution in [0.1, 0.15) is 31.9 Å². The minimum Gasteiger partial charge on any atom is -0.385 e. The van der Waals surface area contributed by atoms with Crippen molar-refractivity contribution in [1.29, 1.82) is 0 Å². The summed E-state index contributed by atoms with van der Waals surface area (Å²) in [6.45, 7) is 5.71. The van der Waals surface area contributed by atoms with Crippen LogP contribution in [0.2, 0.25) is 0 Å². The van der Waals surface area contributed by atoms with E-state index in [1.165, 1.54) is 0 Å². The molecule has 0 aliphatic rings. The van der Waals surface area contributed by atoms with Gasteiger partial charge < -0.3 is 10.5 Å². The number of methoxy groups -OCH3 is 1. The number of ether oxygens (including phenoxy) is 1. The summed E-state index contributed by atoms with van der Waals surface area (Å²) in [7, 11) is 1.69. The van der Waals surface area contributed by atoms with Gasteiger partial charge in [-0.3, -0.25) is 0 Å². The molecular weight excluding hydrogens is 180 g/mol. The fraction of sp³-hybridized carbons (Fsp3) is 0.778. The van der Waals surface area contributed by atoms with Gasteiger partial charge in [0, 0.05) is 20.3 Å². The molecule has 0 atom stereocenters. The lowest BCUT2D eigenvalue weighted by Crippen LogP contribution is -2.09. The lowest BCUT2D eigenvalue weighted by Gasteiger charge is -2.08. The van der Waals surface area contributed by atoms with Gasteiger partial charge in [0.05, 0.1) is 5.69 Å². The highest BCUT2D eigenvalue weighted by Crippen LogP contribution is 2.18. The first-order chi connectivity index (χ1) is 6.66. The Kier molecular flexibility index (Phi) is 3.88. The summed E-state index contributed by atoms with van der Waals surface area (Å²) in [4.78, 5) is 0. The first kappa shape index (κ1) is 11.0. The zero-order valence-corrected chi connectivity index (χ0v) is 9.03. The normalized spacial score (nSPS) is 11.1. The summed E-state index contributed by atoms with van der Waals surface area (Å²) < 4.78 is 6.84. The van der Waals surface area contributed by atoms with Gasteiger partial charge in [0.2, 0.25) is 0 Å². The van der Waals surface area contributed by atoms with Gasteiger partial charge in [-0.15, -0.1) is 5.10 Å². The lowest BCUT2D eigenvalue weighted by atomic mass is 10.1. The summed E-state index contributed by atoms with van der Waals surface area (Å²) in [5, 5.41) is 7.86. The Morgan fingerprint density at radius 2 is 2.21 bits per heavy atom. The molecule has 2 N–H and O–H groups in total. The Morgan fingerprint density at radius 1 is 1.50 bits per heavy atom. The molecule has 0 spiro atoms. The Labute approximate surface area is 84.2 Å². The van der Waals surface area contributed by atoms with E-state index >= 15 is 0 Å². The van der Waals surface area contributed by atoms with E-state index in [-0.39, 0.29) is 0 Å². The van der Waals surface area contributed by atoms with Crippen molar-refractivity contribution in [2.75, 3.05) is 19.5 Å². The molecule has 0 amide bonds. The molecule has 5 heteroatoms. The second-order valence-electron chi connectivity index (χ2n) is 3.58. The maximum Gasteiger partial charge on any atom is 0.169 e. The summed E-state index contributed by atoms with van der Waals surface area (Å²) in [6.07, 6.45) is 0.930. The van der Waals surface area contributed by atoms with E-state index in [4.69, 9.17) is 10.5 Å². The molecule has 0 aromatic carbocycles. The molecule has 5 nitrogen and oxygen atoms in total. The van der Waals surface area contributed by atoms with Gasteiger partial charge in [-0.2, -0.15) is 0 Å². The molecule has 0 saturated carbocycles. The highest BCUT2D eigenvalue weighted by atomic mass is 16.5. The molecule has 80 valence electrons. The minimum absolute atomic E-state index is 0.354. The van der Waals surface area contributed by atoms with E-state index < -0.39 is 0 Å². The first-order valence-electron chi connectivity index (χ1n) is 4.84. The number of nitrogens with two attached hydrogens (primary N) is 1. The van der Waals surface area contributed by atoms with Crippen LogP contribution in [0.3, 0.4) is 0 Å². The molecule has 1 heterocycles. The topological polar surface area (TPSA) is 66.0 Å². The quantitative estimate of drug-likeness (QED) is 0.717. The Morgan fingerprint density at radius 3 is 2.79 bits per heavy atom. The fourth-order valence-corrected chi connectivity index (χ4v) is 1.45. The first-order valence-corrected chi connectivity index (χ1v) is 4.84. The molecule has 1 aromatic rings. The molecule has 0 saturated heterocycles. The Hall–Kier alpha value is -1.10. The number of anilines is 1. The van der Waals surface area contributed by atoms with Crippen molar-refractivity contribution in [3.8, 4) is 0 Å². The van der Waals surface area contributed by atoms with Crippen LogP contribution in [-0.4, -0.2) is 28.7 Å². The smallest absolute Gasteiger partial charge is 0.169 e. The maximum atomic E-state index is 5.72. The standard InChI is InChI=1S/C9H18N4O/c1-7(2)8-9(10)11-12-13(8)5-4-6-14-3/h7H,4-6,10H2,1-3H3. The lowest BCUT2D eigenvalue weighted by molar-refractivity contribution is 0.188. The molecule has 0 fully saturated rings. The second-order valence-corrected chi connectivity index (χ2v) is 3.58. The van der Waals surface area contributed by atoms with Gasteiger partial charge in [-0.25, -0.2) is 4.68 Å². The molecule has 0 bridgehead atoms. The molecule has 0 aliphatic heterocycles. The number of nitrogens with zero attached hydrogens (tertiary/aromatic N) is 3. The maximum absolute atomic E-state index is 5.72. The number of hydrogen-bond donors (Lipinski definition) is 1. The predicted molar refractivity (Wildman–Crippen MR) is 55.0 cm³/mol. The van der Waals surface area contributed by atoms with Crippen molar-refractivity contribution >= 4 is 5.82 Å². The summed E-state index contributed by atoms with van der Waals surface area (Å²) >= 11 is 0. The summed E-state index contributed by atoms with van der Waals surface area (Å²) in [5.74, 6) is 0.893. The van der Waals surface area contributed by atoms with Crippen molar-refractivity contribution in [3.63, 3.8) is 0 Å². The summed E-state index contributed by atoms with van der Waals surface area (Å²) in [6, 6.07) is 0. The van der Waals surface area contributed by atoms with Crippen LogP contribution in [0.4, 0.5) is 5.82 Å². The average molecular weight is 198 g/mol. The zero-order valence-electron chi connectivity index (χ0n) is 9.03. The van der Waals surface area contributed by atoms with Crippen molar-refractivity contribution in [2.24, 2.45) is 0 Å². The Balaban J connectivity index is 2.66. The zero-order chi connectivity index (χ0) is 10.6. The molecule has 0 aliphatic carbocycles. The monoisotopic (exact) mass is 198 g/mol. The number of aromatic nitrogens is 3. The SMILES string of the molecule is COCCCn1nnc(N)c1C(C)C. The van der Waals surface area contributed by atoms with Crippen LogP contribution in [0.25, 0.3) is 0 Å². The van der Waals surface area contributed by atoms with Crippen LogP contribution in [-0.2, 0) is 11.3 Å². The number of nitrogen functional groups attached to an aromatic ring is 1. The molecule has 14 heavy (non-hydrogen) atoms. The molecule has 1 rings (SSSR count). The molecule has 0 unspecified atom stereocenters. The molecule has 0 radical (unpaired) electrons. The summed E-state index contributed by atoms with van der Waals surface area (Å²) in [5.41, 5.74) is 6.74. The molecular formula is C9H18N4O. The van der Waals surface area contributed by atoms with Crippen LogP contribution >= 0.6 is 0 Å². The van der Waals surface area contributed by atoms with Crippen molar-refractivity contribution in [2.45, 2.75) is 32.7 Å². The highest BCUT2D eigenvalue weighted by molar-refractivity contribution is 5.34. The van der Waals surface area contributed by atoms with E-state index in [1.807, 2.05) is 4.68 Å². The number of rotatable bonds is 5. The van der Waals surface area contributed by atoms with Crippen LogP contribution in [0.15, 0.2) is 0 Å². The highest BCUT2D eigenvalue weighted by Gasteiger charge is 2.12. The van der Waals surface area contributed by atoms with E-state index in [0.29, 0.717) is 11.7 Å². The van der Waals surface area contributed by atoms with E-state index in [0.717, 1.165) is 25.3 Å². The van der Waals surface area contributed by atoms with Crippen LogP contribution in [0, 0.1) is 0 Å². The van der Waals surface area contributed by atoms with Crippen molar-refractivity contribution < 1.29 is 4.74 Å². The van der Waals surface area contributed by atoms with Gasteiger partial charge in [0.15, 0.2) is 5.82 Å². The van der Waals surface area contributed by atoms with Gasteiger partial charge in [0.25, 0.3) is 0 Å². The Bertz CT molecular complexity index is 282. The third-order valence-corrected chi connectivity index (χ3v) is 2.07. The van der Waals surface area contributed by atoms with E-state index in [1.54, 1.807) is 7.11 Å². The predicted octanol–water partition coefficient (Wildman–Crippen LogP) is 1.02. The van der Waals surface area contributed by atoms with Gasteiger partial charge >= 0.3 is 0 Å². The van der Waals surface area contributed by atoms with Crippen molar-refractivity contribution in [1.82, 2.24) is 15.0 Å². The van der Waals surface area contributed by atoms with Gasteiger partial charge in [-0.05, 0) is 12.3 Å². The number of aryl methyl sites for hydroxylation is 1. The fourth-order valence-electron chi connectivity index (χ4n) is 1.45. The second kappa shape index (κ2) is 4.95. The third kappa shape index (κ3) is 2.45. The van der Waals surface area contributed by atoms with Crippen LogP contribution in [0.5, 0.6) is 0 Å². The average Bonchev–Trinajstić information content (AvgIpc) is 2.47. The largest absolute Gasteiger partial charge is 0.385 e. The minimum atomic E-state index is 0.354. The molecule has 1 aromatic heterocycles. The third-order valence-electron chi connectivity index (χ3n) is 2.07.